The molecular weight excluding hydrogens is 404 g/mol. The van der Waals surface area contributed by atoms with E-state index >= 15 is 0 Å². The standard InChI is InChI=1S/C27H42O3S/c1-5-27(30,6-2)14-15-31-18-22-11-12-24-20(8-7-13-26(22,24)4)9-10-21-16-23(28)17-25(29)19(21)3/h9-11,23-25,28-30H,3,5-8,12-18H2,1-2,4H3/b20-9+,21-10-/t23-,24+,25+,26-/m1/s1. The third-order valence-electron chi connectivity index (χ3n) is 8.26. The van der Waals surface area contributed by atoms with Gasteiger partial charge in [0.1, 0.15) is 0 Å². The molecule has 0 radical (unpaired) electrons. The van der Waals surface area contributed by atoms with Crippen LogP contribution in [-0.4, -0.2) is 44.6 Å². The lowest BCUT2D eigenvalue weighted by Crippen LogP contribution is -2.31. The lowest BCUT2D eigenvalue weighted by Gasteiger charge is -2.41. The zero-order valence-electron chi connectivity index (χ0n) is 19.7. The van der Waals surface area contributed by atoms with Crippen LogP contribution in [0.2, 0.25) is 0 Å². The van der Waals surface area contributed by atoms with E-state index in [9.17, 15) is 15.3 Å². The molecule has 2 saturated carbocycles. The maximum atomic E-state index is 10.5. The predicted molar refractivity (Wildman–Crippen MR) is 132 cm³/mol. The SMILES string of the molecule is C=C1/C(=C\C=C2/CCC[C@]3(C)C(CSCCC(O)(CC)CC)=CC[C@@H]23)C[C@@H](O)C[C@@H]1O. The number of rotatable bonds is 8. The number of hydrogen-bond donors (Lipinski definition) is 3. The highest BCUT2D eigenvalue weighted by molar-refractivity contribution is 7.99. The average Bonchev–Trinajstić information content (AvgIpc) is 3.09. The highest BCUT2D eigenvalue weighted by Gasteiger charge is 2.44. The van der Waals surface area contributed by atoms with Crippen molar-refractivity contribution < 1.29 is 15.3 Å². The van der Waals surface area contributed by atoms with Gasteiger partial charge in [0.15, 0.2) is 0 Å². The van der Waals surface area contributed by atoms with Gasteiger partial charge in [-0.2, -0.15) is 11.8 Å². The zero-order chi connectivity index (χ0) is 22.6. The lowest BCUT2D eigenvalue weighted by atomic mass is 9.64. The number of hydrogen-bond acceptors (Lipinski definition) is 4. The summed E-state index contributed by atoms with van der Waals surface area (Å²) in [5, 5.41) is 30.7. The van der Waals surface area contributed by atoms with Gasteiger partial charge < -0.3 is 15.3 Å². The number of thioether (sulfide) groups is 1. The zero-order valence-corrected chi connectivity index (χ0v) is 20.5. The summed E-state index contributed by atoms with van der Waals surface area (Å²) in [6.07, 6.45) is 14.0. The first kappa shape index (κ1) is 24.8. The van der Waals surface area contributed by atoms with E-state index in [0.29, 0.717) is 18.8 Å². The smallest absolute Gasteiger partial charge is 0.0811 e. The second-order valence-electron chi connectivity index (χ2n) is 10.1. The van der Waals surface area contributed by atoms with Crippen molar-refractivity contribution >= 4 is 11.8 Å². The highest BCUT2D eigenvalue weighted by atomic mass is 32.2. The van der Waals surface area contributed by atoms with Gasteiger partial charge >= 0.3 is 0 Å². The summed E-state index contributed by atoms with van der Waals surface area (Å²) >= 11 is 1.97. The first-order valence-electron chi connectivity index (χ1n) is 12.2. The Morgan fingerprint density at radius 1 is 1.26 bits per heavy atom. The minimum absolute atomic E-state index is 0.240. The van der Waals surface area contributed by atoms with Gasteiger partial charge in [-0.15, -0.1) is 0 Å². The normalized spacial score (nSPS) is 34.3. The van der Waals surface area contributed by atoms with Crippen molar-refractivity contribution in [2.75, 3.05) is 11.5 Å². The summed E-state index contributed by atoms with van der Waals surface area (Å²) in [5.74, 6) is 2.64. The van der Waals surface area contributed by atoms with Crippen LogP contribution in [0.25, 0.3) is 0 Å². The molecule has 0 spiro atoms. The van der Waals surface area contributed by atoms with Crippen LogP contribution >= 0.6 is 11.8 Å². The molecule has 31 heavy (non-hydrogen) atoms. The summed E-state index contributed by atoms with van der Waals surface area (Å²) in [4.78, 5) is 0. The minimum Gasteiger partial charge on any atom is -0.393 e. The van der Waals surface area contributed by atoms with E-state index in [2.05, 4.69) is 45.6 Å². The minimum atomic E-state index is -0.625. The van der Waals surface area contributed by atoms with E-state index in [4.69, 9.17) is 0 Å². The quantitative estimate of drug-likeness (QED) is 0.329. The monoisotopic (exact) mass is 446 g/mol. The first-order chi connectivity index (χ1) is 14.7. The van der Waals surface area contributed by atoms with Crippen LogP contribution in [0.1, 0.15) is 78.6 Å². The van der Waals surface area contributed by atoms with Crippen molar-refractivity contribution in [1.82, 2.24) is 0 Å². The fraction of sp³-hybridized carbons (Fsp3) is 0.704. The molecule has 0 aromatic rings. The third-order valence-corrected chi connectivity index (χ3v) is 9.27. The molecule has 0 aliphatic heterocycles. The number of aliphatic hydroxyl groups excluding tert-OH is 2. The Bertz CT molecular complexity index is 746. The molecule has 3 aliphatic rings. The van der Waals surface area contributed by atoms with Crippen molar-refractivity contribution in [3.05, 3.63) is 47.1 Å². The molecule has 4 heteroatoms. The van der Waals surface area contributed by atoms with Gasteiger partial charge in [-0.3, -0.25) is 0 Å². The van der Waals surface area contributed by atoms with E-state index in [1.54, 1.807) is 5.57 Å². The second kappa shape index (κ2) is 10.4. The molecule has 0 unspecified atom stereocenters. The largest absolute Gasteiger partial charge is 0.393 e. The topological polar surface area (TPSA) is 60.7 Å². The Kier molecular flexibility index (Phi) is 8.34. The number of aliphatic hydroxyl groups is 3. The molecular formula is C27H42O3S. The molecule has 0 aromatic heterocycles. The van der Waals surface area contributed by atoms with Crippen molar-refractivity contribution in [3.63, 3.8) is 0 Å². The van der Waals surface area contributed by atoms with E-state index in [0.717, 1.165) is 54.8 Å². The molecule has 0 aromatic carbocycles. The molecule has 3 aliphatic carbocycles. The van der Waals surface area contributed by atoms with Crippen LogP contribution in [0.5, 0.6) is 0 Å². The van der Waals surface area contributed by atoms with Gasteiger partial charge in [-0.1, -0.05) is 56.7 Å². The van der Waals surface area contributed by atoms with Crippen LogP contribution in [0.3, 0.4) is 0 Å². The molecule has 0 bridgehead atoms. The van der Waals surface area contributed by atoms with Gasteiger partial charge in [0, 0.05) is 12.2 Å². The van der Waals surface area contributed by atoms with Gasteiger partial charge in [0.05, 0.1) is 17.8 Å². The van der Waals surface area contributed by atoms with Crippen LogP contribution in [0, 0.1) is 11.3 Å². The molecule has 3 N–H and O–H groups in total. The lowest BCUT2D eigenvalue weighted by molar-refractivity contribution is 0.0297. The summed E-state index contributed by atoms with van der Waals surface area (Å²) < 4.78 is 0. The van der Waals surface area contributed by atoms with E-state index < -0.39 is 17.8 Å². The number of fused-ring (bicyclic) bond motifs is 1. The summed E-state index contributed by atoms with van der Waals surface area (Å²) in [5.41, 5.74) is 4.59. The molecule has 0 amide bonds. The number of allylic oxidation sites excluding steroid dienone is 4. The maximum absolute atomic E-state index is 10.5. The highest BCUT2D eigenvalue weighted by Crippen LogP contribution is 2.55. The van der Waals surface area contributed by atoms with Crippen molar-refractivity contribution in [2.24, 2.45) is 11.3 Å². The Morgan fingerprint density at radius 3 is 2.71 bits per heavy atom. The Labute approximate surface area is 193 Å². The predicted octanol–water partition coefficient (Wildman–Crippen LogP) is 5.72. The molecule has 3 rings (SSSR count). The molecule has 3 nitrogen and oxygen atoms in total. The second-order valence-corrected chi connectivity index (χ2v) is 11.2. The van der Waals surface area contributed by atoms with Crippen LogP contribution in [-0.2, 0) is 0 Å². The summed E-state index contributed by atoms with van der Waals surface area (Å²) in [7, 11) is 0. The van der Waals surface area contributed by atoms with Gasteiger partial charge in [-0.25, -0.2) is 0 Å². The van der Waals surface area contributed by atoms with Crippen molar-refractivity contribution in [1.29, 1.82) is 0 Å². The third kappa shape index (κ3) is 5.58. The molecule has 0 saturated heterocycles. The van der Waals surface area contributed by atoms with Crippen LogP contribution < -0.4 is 0 Å². The van der Waals surface area contributed by atoms with Crippen molar-refractivity contribution in [3.8, 4) is 0 Å². The molecule has 2 fully saturated rings. The average molecular weight is 447 g/mol. The van der Waals surface area contributed by atoms with Crippen LogP contribution in [0.4, 0.5) is 0 Å². The van der Waals surface area contributed by atoms with E-state index in [1.165, 1.54) is 18.4 Å². The first-order valence-corrected chi connectivity index (χ1v) is 13.3. The summed E-state index contributed by atoms with van der Waals surface area (Å²) in [6, 6.07) is 0. The van der Waals surface area contributed by atoms with E-state index in [1.807, 2.05) is 11.8 Å². The van der Waals surface area contributed by atoms with Crippen LogP contribution in [0.15, 0.2) is 47.1 Å². The van der Waals surface area contributed by atoms with Gasteiger partial charge in [-0.05, 0) is 79.6 Å². The fourth-order valence-electron chi connectivity index (χ4n) is 5.64. The molecule has 0 heterocycles. The van der Waals surface area contributed by atoms with Gasteiger partial charge in [0.25, 0.3) is 0 Å². The van der Waals surface area contributed by atoms with E-state index in [-0.39, 0.29) is 5.41 Å². The Hall–Kier alpha value is -0.810. The van der Waals surface area contributed by atoms with Gasteiger partial charge in [0.2, 0.25) is 0 Å². The Morgan fingerprint density at radius 2 is 2.00 bits per heavy atom. The summed E-state index contributed by atoms with van der Waals surface area (Å²) in [6.45, 7) is 10.6. The maximum Gasteiger partial charge on any atom is 0.0811 e. The Balaban J connectivity index is 1.63. The van der Waals surface area contributed by atoms with Crippen molar-refractivity contribution in [2.45, 2.75) is 96.4 Å². The fourth-order valence-corrected chi connectivity index (χ4v) is 6.98. The molecule has 174 valence electrons. The molecule has 4 atom stereocenters.